The van der Waals surface area contributed by atoms with E-state index in [1.165, 1.54) is 0 Å². The molecule has 0 saturated heterocycles. The zero-order valence-corrected chi connectivity index (χ0v) is 12.7. The van der Waals surface area contributed by atoms with E-state index in [1.54, 1.807) is 6.07 Å². The van der Waals surface area contributed by atoms with Crippen LogP contribution in [0.25, 0.3) is 0 Å². The molecule has 0 heterocycles. The first kappa shape index (κ1) is 16.7. The number of benzene rings is 1. The van der Waals surface area contributed by atoms with Gasteiger partial charge in [-0.05, 0) is 31.9 Å². The lowest BCUT2D eigenvalue weighted by molar-refractivity contribution is -0.153. The number of rotatable bonds is 8. The van der Waals surface area contributed by atoms with Gasteiger partial charge in [0.1, 0.15) is 0 Å². The minimum atomic E-state index is -0.421. The molecule has 0 aliphatic carbocycles. The monoisotopic (exact) mass is 306 g/mol. The quantitative estimate of drug-likeness (QED) is 0.440. The summed E-state index contributed by atoms with van der Waals surface area (Å²) in [6.45, 7) is 4.91. The maximum absolute atomic E-state index is 6.17. The molecule has 0 aliphatic rings. The van der Waals surface area contributed by atoms with Crippen LogP contribution in [0, 0.1) is 0 Å². The molecule has 19 heavy (non-hydrogen) atoms. The minimum Gasteiger partial charge on any atom is -0.351 e. The van der Waals surface area contributed by atoms with Crippen LogP contribution in [-0.2, 0) is 15.9 Å². The van der Waals surface area contributed by atoms with E-state index in [1.807, 2.05) is 26.0 Å². The van der Waals surface area contributed by atoms with Crippen molar-refractivity contribution in [2.75, 3.05) is 13.2 Å². The van der Waals surface area contributed by atoms with Crippen molar-refractivity contribution in [2.45, 2.75) is 32.6 Å². The Morgan fingerprint density at radius 1 is 1.21 bits per heavy atom. The van der Waals surface area contributed by atoms with E-state index in [0.29, 0.717) is 29.7 Å². The summed E-state index contributed by atoms with van der Waals surface area (Å²) in [7, 11) is 0. The number of nitrogens with one attached hydrogen (secondary N) is 1. The Labute approximate surface area is 124 Å². The van der Waals surface area contributed by atoms with Crippen LogP contribution < -0.4 is 11.3 Å². The zero-order chi connectivity index (χ0) is 14.3. The molecule has 0 amide bonds. The largest absolute Gasteiger partial charge is 0.351 e. The lowest BCUT2D eigenvalue weighted by Crippen LogP contribution is -2.48. The second-order valence-electron chi connectivity index (χ2n) is 3.97. The molecule has 1 atom stereocenters. The maximum atomic E-state index is 6.17. The van der Waals surface area contributed by atoms with Crippen molar-refractivity contribution in [3.63, 3.8) is 0 Å². The molecule has 0 spiro atoms. The maximum Gasteiger partial charge on any atom is 0.174 e. The molecular weight excluding hydrogens is 287 g/mol. The Balaban J connectivity index is 2.82. The van der Waals surface area contributed by atoms with Crippen molar-refractivity contribution in [1.29, 1.82) is 0 Å². The van der Waals surface area contributed by atoms with Gasteiger partial charge in [-0.2, -0.15) is 0 Å². The number of ether oxygens (including phenoxy) is 2. The van der Waals surface area contributed by atoms with Gasteiger partial charge in [-0.25, -0.2) is 0 Å². The summed E-state index contributed by atoms with van der Waals surface area (Å²) in [4.78, 5) is 0. The van der Waals surface area contributed by atoms with Gasteiger partial charge in [0, 0.05) is 13.2 Å². The Kier molecular flexibility index (Phi) is 7.68. The molecule has 0 fully saturated rings. The van der Waals surface area contributed by atoms with E-state index in [9.17, 15) is 0 Å². The molecule has 1 aromatic rings. The predicted molar refractivity (Wildman–Crippen MR) is 78.3 cm³/mol. The second kappa shape index (κ2) is 8.74. The van der Waals surface area contributed by atoms with Gasteiger partial charge >= 0.3 is 0 Å². The summed E-state index contributed by atoms with van der Waals surface area (Å²) >= 11 is 12.2. The fourth-order valence-corrected chi connectivity index (χ4v) is 2.18. The number of halogens is 2. The summed E-state index contributed by atoms with van der Waals surface area (Å²) in [6.07, 6.45) is 0.149. The molecule has 1 rings (SSSR count). The van der Waals surface area contributed by atoms with Crippen molar-refractivity contribution >= 4 is 23.2 Å². The third-order valence-electron chi connectivity index (χ3n) is 2.68. The highest BCUT2D eigenvalue weighted by Gasteiger charge is 2.22. The van der Waals surface area contributed by atoms with Gasteiger partial charge in [0.05, 0.1) is 16.1 Å². The third kappa shape index (κ3) is 4.91. The van der Waals surface area contributed by atoms with Gasteiger partial charge in [-0.15, -0.1) is 0 Å². The van der Waals surface area contributed by atoms with Crippen molar-refractivity contribution in [1.82, 2.24) is 5.43 Å². The molecule has 0 aromatic heterocycles. The molecule has 0 radical (unpaired) electrons. The van der Waals surface area contributed by atoms with Gasteiger partial charge in [0.15, 0.2) is 6.29 Å². The topological polar surface area (TPSA) is 56.5 Å². The normalized spacial score (nSPS) is 12.9. The Morgan fingerprint density at radius 3 is 2.37 bits per heavy atom. The highest BCUT2D eigenvalue weighted by Crippen LogP contribution is 2.27. The first-order valence-electron chi connectivity index (χ1n) is 6.26. The van der Waals surface area contributed by atoms with Crippen LogP contribution >= 0.6 is 23.2 Å². The van der Waals surface area contributed by atoms with E-state index >= 15 is 0 Å². The molecule has 1 unspecified atom stereocenters. The van der Waals surface area contributed by atoms with E-state index in [0.717, 1.165) is 5.56 Å². The average Bonchev–Trinajstić information content (AvgIpc) is 2.40. The Bertz CT molecular complexity index is 385. The predicted octanol–water partition coefficient (Wildman–Crippen LogP) is 2.77. The van der Waals surface area contributed by atoms with Crippen molar-refractivity contribution in [3.05, 3.63) is 33.8 Å². The highest BCUT2D eigenvalue weighted by molar-refractivity contribution is 6.42. The molecule has 0 saturated carbocycles. The van der Waals surface area contributed by atoms with E-state index in [4.69, 9.17) is 38.5 Å². The van der Waals surface area contributed by atoms with Crippen LogP contribution in [0.2, 0.25) is 10.0 Å². The lowest BCUT2D eigenvalue weighted by Gasteiger charge is -2.26. The first-order valence-corrected chi connectivity index (χ1v) is 7.01. The van der Waals surface area contributed by atoms with Crippen LogP contribution in [-0.4, -0.2) is 25.5 Å². The molecule has 4 nitrogen and oxygen atoms in total. The molecule has 0 bridgehead atoms. The van der Waals surface area contributed by atoms with Gasteiger partial charge in [-0.1, -0.05) is 35.3 Å². The fraction of sp³-hybridized carbons (Fsp3) is 0.538. The second-order valence-corrected chi connectivity index (χ2v) is 4.75. The summed E-state index contributed by atoms with van der Waals surface area (Å²) < 4.78 is 11.1. The van der Waals surface area contributed by atoms with Crippen molar-refractivity contribution < 1.29 is 9.47 Å². The minimum absolute atomic E-state index is 0.198. The standard InChI is InChI=1S/C13H20Cl2N2O2/c1-3-18-13(19-4-2)11(17-16)8-9-6-5-7-10(14)12(9)15/h5-7,11,13,17H,3-4,8,16H2,1-2H3. The molecule has 0 aliphatic heterocycles. The van der Waals surface area contributed by atoms with Crippen LogP contribution in [0.4, 0.5) is 0 Å². The SMILES string of the molecule is CCOC(OCC)C(Cc1cccc(Cl)c1Cl)NN. The smallest absolute Gasteiger partial charge is 0.174 e. The van der Waals surface area contributed by atoms with Crippen molar-refractivity contribution in [3.8, 4) is 0 Å². The molecular formula is C13H20Cl2N2O2. The summed E-state index contributed by atoms with van der Waals surface area (Å²) in [5.41, 5.74) is 3.62. The van der Waals surface area contributed by atoms with E-state index in [-0.39, 0.29) is 6.04 Å². The number of hydrazine groups is 1. The van der Waals surface area contributed by atoms with Crippen LogP contribution in [0.5, 0.6) is 0 Å². The van der Waals surface area contributed by atoms with Gasteiger partial charge in [0.2, 0.25) is 0 Å². The fourth-order valence-electron chi connectivity index (χ4n) is 1.79. The molecule has 1 aromatic carbocycles. The van der Waals surface area contributed by atoms with Crippen LogP contribution in [0.1, 0.15) is 19.4 Å². The summed E-state index contributed by atoms with van der Waals surface area (Å²) in [5.74, 6) is 5.58. The molecule has 6 heteroatoms. The Morgan fingerprint density at radius 2 is 1.84 bits per heavy atom. The zero-order valence-electron chi connectivity index (χ0n) is 11.2. The highest BCUT2D eigenvalue weighted by atomic mass is 35.5. The number of hydrogen-bond acceptors (Lipinski definition) is 4. The lowest BCUT2D eigenvalue weighted by atomic mass is 10.1. The van der Waals surface area contributed by atoms with Gasteiger partial charge in [-0.3, -0.25) is 11.3 Å². The van der Waals surface area contributed by atoms with Gasteiger partial charge in [0.25, 0.3) is 0 Å². The van der Waals surface area contributed by atoms with Gasteiger partial charge < -0.3 is 9.47 Å². The number of hydrogen-bond donors (Lipinski definition) is 2. The number of nitrogens with two attached hydrogens (primary N) is 1. The summed E-state index contributed by atoms with van der Waals surface area (Å²) in [5, 5.41) is 1.07. The Hall–Kier alpha value is -0.360. The molecule has 3 N–H and O–H groups in total. The summed E-state index contributed by atoms with van der Waals surface area (Å²) in [6, 6.07) is 5.32. The third-order valence-corrected chi connectivity index (χ3v) is 3.53. The molecule has 108 valence electrons. The first-order chi connectivity index (χ1) is 9.13. The van der Waals surface area contributed by atoms with E-state index in [2.05, 4.69) is 5.43 Å². The average molecular weight is 307 g/mol. The van der Waals surface area contributed by atoms with Crippen molar-refractivity contribution in [2.24, 2.45) is 5.84 Å². The van der Waals surface area contributed by atoms with E-state index < -0.39 is 6.29 Å². The van der Waals surface area contributed by atoms with Crippen LogP contribution in [0.3, 0.4) is 0 Å². The van der Waals surface area contributed by atoms with Crippen LogP contribution in [0.15, 0.2) is 18.2 Å².